The van der Waals surface area contributed by atoms with Crippen LogP contribution in [-0.2, 0) is 37.3 Å². The van der Waals surface area contributed by atoms with Gasteiger partial charge in [-0.3, -0.25) is 4.79 Å². The number of rotatable bonds is 10. The first-order valence-corrected chi connectivity index (χ1v) is 15.6. The van der Waals surface area contributed by atoms with Gasteiger partial charge in [0, 0.05) is 31.0 Å². The van der Waals surface area contributed by atoms with Gasteiger partial charge in [-0.05, 0) is 48.3 Å². The number of hydrogen-bond donors (Lipinski definition) is 2. The molecule has 2 aromatic rings. The van der Waals surface area contributed by atoms with Gasteiger partial charge in [-0.2, -0.15) is 0 Å². The number of nitrogens with one attached hydrogen (secondary N) is 2. The number of carbonyl (C=O) groups excluding carboxylic acids is 3. The highest BCUT2D eigenvalue weighted by Crippen LogP contribution is 2.37. The van der Waals surface area contributed by atoms with Crippen LogP contribution in [0.1, 0.15) is 63.3 Å². The molecule has 0 saturated heterocycles. The van der Waals surface area contributed by atoms with Crippen LogP contribution in [0.5, 0.6) is 0 Å². The van der Waals surface area contributed by atoms with Gasteiger partial charge in [0.1, 0.15) is 10.3 Å². The smallest absolute Gasteiger partial charge is 0.328 e. The second-order valence-electron chi connectivity index (χ2n) is 10.4. The number of esters is 1. The van der Waals surface area contributed by atoms with E-state index in [1.165, 1.54) is 21.1 Å². The first kappa shape index (κ1) is 30.6. The summed E-state index contributed by atoms with van der Waals surface area (Å²) in [6, 6.07) is 7.69. The third-order valence-electron chi connectivity index (χ3n) is 6.95. The number of carbonyl (C=O) groups is 3. The summed E-state index contributed by atoms with van der Waals surface area (Å²) in [5, 5.41) is 2.28. The zero-order valence-electron chi connectivity index (χ0n) is 23.3. The molecule has 11 heteroatoms. The molecule has 214 valence electrons. The van der Waals surface area contributed by atoms with Crippen LogP contribution >= 0.6 is 11.3 Å². The van der Waals surface area contributed by atoms with E-state index < -0.39 is 28.1 Å². The van der Waals surface area contributed by atoms with E-state index in [-0.39, 0.29) is 22.6 Å². The zero-order valence-corrected chi connectivity index (χ0v) is 24.9. The molecule has 0 bridgehead atoms. The Kier molecular flexibility index (Phi) is 10.5. The highest BCUT2D eigenvalue weighted by molar-refractivity contribution is 7.92. The summed E-state index contributed by atoms with van der Waals surface area (Å²) in [7, 11) is -1.38. The van der Waals surface area contributed by atoms with E-state index in [1.54, 1.807) is 4.90 Å². The highest BCUT2D eigenvalue weighted by Gasteiger charge is 2.37. The summed E-state index contributed by atoms with van der Waals surface area (Å²) < 4.78 is 33.3. The van der Waals surface area contributed by atoms with Crippen LogP contribution in [-0.4, -0.2) is 51.4 Å². The Labute approximate surface area is 235 Å². The lowest BCUT2D eigenvalue weighted by Crippen LogP contribution is -2.49. The fourth-order valence-electron chi connectivity index (χ4n) is 5.08. The molecule has 0 aliphatic heterocycles. The standard InChI is InChI=1S/C28H39N3O6S2/c1-18(2)15-23-16-24(27(38-23)39(35,36)30-28(34)29-4)21-13-11-20(12-14-21)17-31(19(3)32)25(26(33)37-5)22-9-7-6-8-10-22/h11-14,16,18,22,25H,6-10,15,17H2,1-5H3,(H2,29,30,34)/t25-/m0/s1. The van der Waals surface area contributed by atoms with Crippen molar-refractivity contribution >= 4 is 39.3 Å². The second kappa shape index (κ2) is 13.4. The molecule has 3 amide bonds. The Morgan fingerprint density at radius 1 is 1.10 bits per heavy atom. The van der Waals surface area contributed by atoms with Crippen molar-refractivity contribution < 1.29 is 27.5 Å². The molecule has 1 atom stereocenters. The minimum atomic E-state index is -4.09. The van der Waals surface area contributed by atoms with E-state index >= 15 is 0 Å². The minimum absolute atomic E-state index is 0.0557. The van der Waals surface area contributed by atoms with Gasteiger partial charge in [0.2, 0.25) is 5.91 Å². The lowest BCUT2D eigenvalue weighted by atomic mass is 9.83. The van der Waals surface area contributed by atoms with Crippen molar-refractivity contribution in [3.8, 4) is 11.1 Å². The Bertz CT molecular complexity index is 1260. The van der Waals surface area contributed by atoms with Gasteiger partial charge in [-0.25, -0.2) is 22.7 Å². The maximum atomic E-state index is 13.1. The summed E-state index contributed by atoms with van der Waals surface area (Å²) in [5.41, 5.74) is 1.99. The number of benzene rings is 1. The molecule has 1 heterocycles. The van der Waals surface area contributed by atoms with E-state index in [4.69, 9.17) is 4.74 Å². The van der Waals surface area contributed by atoms with Gasteiger partial charge in [0.25, 0.3) is 10.0 Å². The van der Waals surface area contributed by atoms with Crippen molar-refractivity contribution in [2.45, 2.75) is 76.1 Å². The summed E-state index contributed by atoms with van der Waals surface area (Å²) in [6.45, 7) is 5.81. The van der Waals surface area contributed by atoms with Crippen LogP contribution < -0.4 is 10.0 Å². The molecule has 1 aliphatic rings. The molecule has 39 heavy (non-hydrogen) atoms. The largest absolute Gasteiger partial charge is 0.467 e. The van der Waals surface area contributed by atoms with E-state index in [9.17, 15) is 22.8 Å². The normalized spacial score (nSPS) is 15.0. The molecule has 1 aromatic heterocycles. The number of thiophene rings is 1. The summed E-state index contributed by atoms with van der Waals surface area (Å²) in [6.07, 6.45) is 5.64. The molecule has 0 spiro atoms. The molecule has 0 unspecified atom stereocenters. The number of methoxy groups -OCH3 is 1. The fraction of sp³-hybridized carbons (Fsp3) is 0.536. The summed E-state index contributed by atoms with van der Waals surface area (Å²) in [5.74, 6) is -0.223. The number of sulfonamides is 1. The highest BCUT2D eigenvalue weighted by atomic mass is 32.2. The third-order valence-corrected chi connectivity index (χ3v) is 9.98. The molecule has 1 aliphatic carbocycles. The van der Waals surface area contributed by atoms with E-state index in [0.29, 0.717) is 23.5 Å². The van der Waals surface area contributed by atoms with Crippen molar-refractivity contribution in [1.29, 1.82) is 0 Å². The fourth-order valence-corrected chi connectivity index (χ4v) is 7.99. The first-order valence-electron chi connectivity index (χ1n) is 13.3. The van der Waals surface area contributed by atoms with Crippen LogP contribution in [0.4, 0.5) is 4.79 Å². The maximum Gasteiger partial charge on any atom is 0.328 e. The number of hydrogen-bond acceptors (Lipinski definition) is 7. The molecule has 1 fully saturated rings. The van der Waals surface area contributed by atoms with Crippen LogP contribution in [0.3, 0.4) is 0 Å². The maximum absolute atomic E-state index is 13.1. The average molecular weight is 578 g/mol. The van der Waals surface area contributed by atoms with E-state index in [1.807, 2.05) is 30.3 Å². The lowest BCUT2D eigenvalue weighted by molar-refractivity contribution is -0.156. The van der Waals surface area contributed by atoms with Gasteiger partial charge < -0.3 is 15.0 Å². The molecular formula is C28H39N3O6S2. The predicted octanol–water partition coefficient (Wildman–Crippen LogP) is 4.70. The Morgan fingerprint density at radius 3 is 2.28 bits per heavy atom. The van der Waals surface area contributed by atoms with Crippen molar-refractivity contribution in [2.24, 2.45) is 11.8 Å². The Balaban J connectivity index is 1.93. The molecule has 9 nitrogen and oxygen atoms in total. The van der Waals surface area contributed by atoms with Gasteiger partial charge in [-0.15, -0.1) is 11.3 Å². The van der Waals surface area contributed by atoms with Crippen molar-refractivity contribution in [2.75, 3.05) is 14.2 Å². The Morgan fingerprint density at radius 2 is 1.74 bits per heavy atom. The minimum Gasteiger partial charge on any atom is -0.467 e. The number of ether oxygens (including phenoxy) is 1. The molecule has 0 radical (unpaired) electrons. The number of urea groups is 1. The number of nitrogens with zero attached hydrogens (tertiary/aromatic N) is 1. The molecule has 1 saturated carbocycles. The van der Waals surface area contributed by atoms with E-state index in [2.05, 4.69) is 23.9 Å². The van der Waals surface area contributed by atoms with Crippen molar-refractivity contribution in [1.82, 2.24) is 14.9 Å². The van der Waals surface area contributed by atoms with Crippen LogP contribution in [0.15, 0.2) is 34.5 Å². The average Bonchev–Trinajstić information content (AvgIpc) is 3.33. The summed E-state index contributed by atoms with van der Waals surface area (Å²) >= 11 is 1.15. The van der Waals surface area contributed by atoms with Crippen LogP contribution in [0.2, 0.25) is 0 Å². The predicted molar refractivity (Wildman–Crippen MR) is 152 cm³/mol. The zero-order chi connectivity index (χ0) is 28.7. The first-order chi connectivity index (χ1) is 18.5. The second-order valence-corrected chi connectivity index (χ2v) is 13.4. The monoisotopic (exact) mass is 577 g/mol. The molecule has 1 aromatic carbocycles. The quantitative estimate of drug-likeness (QED) is 0.395. The van der Waals surface area contributed by atoms with Gasteiger partial charge in [0.15, 0.2) is 0 Å². The molecule has 2 N–H and O–H groups in total. The van der Waals surface area contributed by atoms with Gasteiger partial charge in [0.05, 0.1) is 7.11 Å². The SMILES string of the molecule is CNC(=O)NS(=O)(=O)c1sc(CC(C)C)cc1-c1ccc(CN(C(C)=O)[C@H](C(=O)OC)C2CCCCC2)cc1. The number of amides is 3. The molecule has 3 rings (SSSR count). The lowest BCUT2D eigenvalue weighted by Gasteiger charge is -2.36. The van der Waals surface area contributed by atoms with Gasteiger partial charge in [-0.1, -0.05) is 57.4 Å². The Hall–Kier alpha value is -2.92. The summed E-state index contributed by atoms with van der Waals surface area (Å²) in [4.78, 5) is 39.8. The molecular weight excluding hydrogens is 538 g/mol. The van der Waals surface area contributed by atoms with Crippen LogP contribution in [0.25, 0.3) is 11.1 Å². The topological polar surface area (TPSA) is 122 Å². The van der Waals surface area contributed by atoms with Gasteiger partial charge >= 0.3 is 12.0 Å². The van der Waals surface area contributed by atoms with Crippen LogP contribution in [0, 0.1) is 11.8 Å². The van der Waals surface area contributed by atoms with E-state index in [0.717, 1.165) is 53.9 Å². The van der Waals surface area contributed by atoms with Crippen molar-refractivity contribution in [3.63, 3.8) is 0 Å². The van der Waals surface area contributed by atoms with Crippen molar-refractivity contribution in [3.05, 3.63) is 40.8 Å². The third kappa shape index (κ3) is 7.82.